The first-order chi connectivity index (χ1) is 10.6. The normalized spacial score (nSPS) is 10.5. The van der Waals surface area contributed by atoms with E-state index in [-0.39, 0.29) is 5.56 Å². The zero-order valence-electron chi connectivity index (χ0n) is 11.1. The topological polar surface area (TPSA) is 68.0 Å². The highest BCUT2D eigenvalue weighted by Crippen LogP contribution is 2.21. The summed E-state index contributed by atoms with van der Waals surface area (Å²) in [6.07, 6.45) is 1.20. The zero-order chi connectivity index (χ0) is 15.5. The van der Waals surface area contributed by atoms with E-state index in [9.17, 15) is 13.6 Å². The van der Waals surface area contributed by atoms with E-state index in [0.717, 1.165) is 12.1 Å². The number of carbonyl (C=O) groups excluding carboxylic acids is 1. The largest absolute Gasteiger partial charge is 0.423 e. The summed E-state index contributed by atoms with van der Waals surface area (Å²) < 4.78 is 31.1. The number of benzene rings is 2. The van der Waals surface area contributed by atoms with E-state index in [2.05, 4.69) is 15.5 Å². The van der Waals surface area contributed by atoms with E-state index in [1.54, 1.807) is 24.3 Å². The van der Waals surface area contributed by atoms with Crippen molar-refractivity contribution in [1.82, 2.24) is 10.2 Å². The molecule has 1 aromatic heterocycles. The number of carbonyl (C=O) groups is 1. The van der Waals surface area contributed by atoms with Gasteiger partial charge in [0, 0.05) is 16.8 Å². The van der Waals surface area contributed by atoms with Crippen LogP contribution in [0.5, 0.6) is 0 Å². The van der Waals surface area contributed by atoms with Gasteiger partial charge in [-0.2, -0.15) is 0 Å². The van der Waals surface area contributed by atoms with Crippen LogP contribution in [0.15, 0.2) is 53.3 Å². The minimum Gasteiger partial charge on any atom is -0.423 e. The fraction of sp³-hybridized carbons (Fsp3) is 0. The Hall–Kier alpha value is -3.09. The Bertz CT molecular complexity index is 819. The summed E-state index contributed by atoms with van der Waals surface area (Å²) in [5, 5.41) is 9.93. The second-order valence-corrected chi connectivity index (χ2v) is 4.41. The number of amides is 1. The van der Waals surface area contributed by atoms with Gasteiger partial charge in [0.05, 0.1) is 0 Å². The minimum atomic E-state index is -1.08. The summed E-state index contributed by atoms with van der Waals surface area (Å²) in [4.78, 5) is 12.0. The van der Waals surface area contributed by atoms with E-state index in [1.165, 1.54) is 12.5 Å². The van der Waals surface area contributed by atoms with Gasteiger partial charge in [-0.25, -0.2) is 8.78 Å². The lowest BCUT2D eigenvalue weighted by Gasteiger charge is -2.06. The third-order valence-electron chi connectivity index (χ3n) is 2.91. The van der Waals surface area contributed by atoms with E-state index in [0.29, 0.717) is 17.1 Å². The number of hydrogen-bond acceptors (Lipinski definition) is 4. The Balaban J connectivity index is 1.82. The second-order valence-electron chi connectivity index (χ2n) is 4.41. The van der Waals surface area contributed by atoms with E-state index in [4.69, 9.17) is 4.42 Å². The van der Waals surface area contributed by atoms with Crippen molar-refractivity contribution in [3.05, 3.63) is 66.1 Å². The van der Waals surface area contributed by atoms with Crippen molar-refractivity contribution in [2.24, 2.45) is 0 Å². The molecule has 3 rings (SSSR count). The first kappa shape index (κ1) is 13.9. The monoisotopic (exact) mass is 301 g/mol. The van der Waals surface area contributed by atoms with Crippen molar-refractivity contribution in [3.8, 4) is 11.5 Å². The molecule has 0 bridgehead atoms. The van der Waals surface area contributed by atoms with Crippen LogP contribution >= 0.6 is 0 Å². The molecule has 3 aromatic rings. The van der Waals surface area contributed by atoms with Gasteiger partial charge in [-0.3, -0.25) is 4.79 Å². The molecule has 1 heterocycles. The van der Waals surface area contributed by atoms with E-state index in [1.807, 2.05) is 0 Å². The summed E-state index contributed by atoms with van der Waals surface area (Å²) in [5.74, 6) is -2.33. The second kappa shape index (κ2) is 5.72. The first-order valence-corrected chi connectivity index (χ1v) is 6.26. The maximum absolute atomic E-state index is 13.1. The predicted octanol–water partition coefficient (Wildman–Crippen LogP) is 3.27. The quantitative estimate of drug-likeness (QED) is 0.806. The van der Waals surface area contributed by atoms with Crippen LogP contribution in [0.4, 0.5) is 14.5 Å². The highest BCUT2D eigenvalue weighted by atomic mass is 19.2. The molecule has 0 spiro atoms. The van der Waals surface area contributed by atoms with Crippen molar-refractivity contribution >= 4 is 11.6 Å². The van der Waals surface area contributed by atoms with E-state index < -0.39 is 17.5 Å². The third kappa shape index (κ3) is 2.83. The average molecular weight is 301 g/mol. The summed E-state index contributed by atoms with van der Waals surface area (Å²) in [6.45, 7) is 0. The molecule has 0 aliphatic rings. The van der Waals surface area contributed by atoms with Gasteiger partial charge in [0.1, 0.15) is 0 Å². The SMILES string of the molecule is O=C(Nc1cccc(-c2nnco2)c1)c1ccc(F)c(F)c1. The van der Waals surface area contributed by atoms with Crippen LogP contribution < -0.4 is 5.32 Å². The smallest absolute Gasteiger partial charge is 0.255 e. The highest BCUT2D eigenvalue weighted by Gasteiger charge is 2.11. The number of halogens is 2. The van der Waals surface area contributed by atoms with Gasteiger partial charge in [0.2, 0.25) is 12.3 Å². The maximum Gasteiger partial charge on any atom is 0.255 e. The van der Waals surface area contributed by atoms with Crippen molar-refractivity contribution in [1.29, 1.82) is 0 Å². The molecule has 1 amide bonds. The Kier molecular flexibility index (Phi) is 3.61. The highest BCUT2D eigenvalue weighted by molar-refractivity contribution is 6.04. The van der Waals surface area contributed by atoms with Gasteiger partial charge in [-0.15, -0.1) is 10.2 Å². The number of aromatic nitrogens is 2. The molecule has 0 fully saturated rings. The van der Waals surface area contributed by atoms with E-state index >= 15 is 0 Å². The molecule has 5 nitrogen and oxygen atoms in total. The van der Waals surface area contributed by atoms with Gasteiger partial charge < -0.3 is 9.73 Å². The Morgan fingerprint density at radius 2 is 1.95 bits per heavy atom. The fourth-order valence-corrected chi connectivity index (χ4v) is 1.87. The summed E-state index contributed by atoms with van der Waals surface area (Å²) >= 11 is 0. The van der Waals surface area contributed by atoms with Crippen molar-refractivity contribution < 1.29 is 18.0 Å². The summed E-state index contributed by atoms with van der Waals surface area (Å²) in [6, 6.07) is 9.66. The van der Waals surface area contributed by atoms with Crippen LogP contribution in [0.2, 0.25) is 0 Å². The number of anilines is 1. The molecule has 1 N–H and O–H groups in total. The molecule has 110 valence electrons. The maximum atomic E-state index is 13.1. The van der Waals surface area contributed by atoms with Crippen LogP contribution in [0.1, 0.15) is 10.4 Å². The van der Waals surface area contributed by atoms with Gasteiger partial charge in [-0.05, 0) is 36.4 Å². The summed E-state index contributed by atoms with van der Waals surface area (Å²) in [5.41, 5.74) is 1.10. The number of hydrogen-bond donors (Lipinski definition) is 1. The Labute approximate surface area is 123 Å². The minimum absolute atomic E-state index is 0.0158. The van der Waals surface area contributed by atoms with Crippen molar-refractivity contribution in [2.75, 3.05) is 5.32 Å². The molecule has 7 heteroatoms. The molecular weight excluding hydrogens is 292 g/mol. The standard InChI is InChI=1S/C15H9F2N3O2/c16-12-5-4-9(7-13(12)17)14(21)19-11-3-1-2-10(6-11)15-20-18-8-22-15/h1-8H,(H,19,21). The molecule has 0 aliphatic heterocycles. The van der Waals surface area contributed by atoms with Crippen LogP contribution in [-0.2, 0) is 0 Å². The lowest BCUT2D eigenvalue weighted by Crippen LogP contribution is -2.12. The lowest BCUT2D eigenvalue weighted by atomic mass is 10.1. The van der Waals surface area contributed by atoms with Crippen molar-refractivity contribution in [3.63, 3.8) is 0 Å². The molecular formula is C15H9F2N3O2. The molecule has 2 aromatic carbocycles. The van der Waals surface area contributed by atoms with Crippen LogP contribution in [0, 0.1) is 11.6 Å². The lowest BCUT2D eigenvalue weighted by molar-refractivity contribution is 0.102. The molecule has 0 saturated heterocycles. The summed E-state index contributed by atoms with van der Waals surface area (Å²) in [7, 11) is 0. The van der Waals surface area contributed by atoms with Gasteiger partial charge >= 0.3 is 0 Å². The Morgan fingerprint density at radius 3 is 2.68 bits per heavy atom. The van der Waals surface area contributed by atoms with Crippen molar-refractivity contribution in [2.45, 2.75) is 0 Å². The molecule has 0 aliphatic carbocycles. The van der Waals surface area contributed by atoms with Crippen LogP contribution in [-0.4, -0.2) is 16.1 Å². The molecule has 22 heavy (non-hydrogen) atoms. The van der Waals surface area contributed by atoms with Gasteiger partial charge in [0.15, 0.2) is 11.6 Å². The zero-order valence-corrected chi connectivity index (χ0v) is 11.1. The number of nitrogens with one attached hydrogen (secondary N) is 1. The average Bonchev–Trinajstić information content (AvgIpc) is 3.04. The van der Waals surface area contributed by atoms with Crippen LogP contribution in [0.25, 0.3) is 11.5 Å². The molecule has 0 unspecified atom stereocenters. The predicted molar refractivity (Wildman–Crippen MR) is 74.0 cm³/mol. The Morgan fingerprint density at radius 1 is 1.09 bits per heavy atom. The third-order valence-corrected chi connectivity index (χ3v) is 2.91. The van der Waals surface area contributed by atoms with Crippen LogP contribution in [0.3, 0.4) is 0 Å². The molecule has 0 radical (unpaired) electrons. The van der Waals surface area contributed by atoms with Gasteiger partial charge in [0.25, 0.3) is 5.91 Å². The molecule has 0 saturated carbocycles. The first-order valence-electron chi connectivity index (χ1n) is 6.26. The fourth-order valence-electron chi connectivity index (χ4n) is 1.87. The number of nitrogens with zero attached hydrogens (tertiary/aromatic N) is 2. The molecule has 0 atom stereocenters. The number of rotatable bonds is 3. The van der Waals surface area contributed by atoms with Gasteiger partial charge in [-0.1, -0.05) is 6.07 Å².